The minimum absolute atomic E-state index is 0. The highest BCUT2D eigenvalue weighted by atomic mass is 127. The van der Waals surface area contributed by atoms with E-state index in [1.807, 2.05) is 24.1 Å². The molecule has 2 atom stereocenters. The van der Waals surface area contributed by atoms with E-state index in [-0.39, 0.29) is 36.1 Å². The van der Waals surface area contributed by atoms with E-state index in [1.54, 1.807) is 11.3 Å². The Bertz CT molecular complexity index is 733. The zero-order valence-corrected chi connectivity index (χ0v) is 20.2. The van der Waals surface area contributed by atoms with Gasteiger partial charge in [-0.2, -0.15) is 5.10 Å². The van der Waals surface area contributed by atoms with Crippen molar-refractivity contribution in [2.75, 3.05) is 46.9 Å². The van der Waals surface area contributed by atoms with Gasteiger partial charge in [-0.15, -0.1) is 35.3 Å². The molecule has 1 aliphatic heterocycles. The summed E-state index contributed by atoms with van der Waals surface area (Å²) in [5, 5.41) is 9.85. The molecule has 28 heavy (non-hydrogen) atoms. The van der Waals surface area contributed by atoms with Gasteiger partial charge in [0.2, 0.25) is 0 Å². The van der Waals surface area contributed by atoms with Crippen molar-refractivity contribution >= 4 is 41.3 Å². The third-order valence-corrected chi connectivity index (χ3v) is 5.68. The van der Waals surface area contributed by atoms with Crippen molar-refractivity contribution in [2.24, 2.45) is 12.0 Å². The van der Waals surface area contributed by atoms with Crippen LogP contribution in [0.2, 0.25) is 0 Å². The number of guanidine groups is 1. The third-order valence-electron chi connectivity index (χ3n) is 4.71. The lowest BCUT2D eigenvalue weighted by atomic mass is 10.1. The van der Waals surface area contributed by atoms with Crippen LogP contribution < -0.4 is 5.32 Å². The average molecular weight is 518 g/mol. The lowest BCUT2D eigenvalue weighted by molar-refractivity contribution is -0.00807. The Morgan fingerprint density at radius 3 is 2.93 bits per heavy atom. The number of aromatic nitrogens is 2. The molecule has 0 radical (unpaired) electrons. The van der Waals surface area contributed by atoms with Gasteiger partial charge in [0.15, 0.2) is 5.96 Å². The van der Waals surface area contributed by atoms with Gasteiger partial charge in [0.05, 0.1) is 31.9 Å². The van der Waals surface area contributed by atoms with Gasteiger partial charge in [-0.05, 0) is 32.5 Å². The quantitative estimate of drug-likeness (QED) is 0.362. The predicted molar refractivity (Wildman–Crippen MR) is 126 cm³/mol. The molecule has 2 aromatic rings. The van der Waals surface area contributed by atoms with Crippen LogP contribution in [0.4, 0.5) is 0 Å². The summed E-state index contributed by atoms with van der Waals surface area (Å²) in [5.41, 5.74) is 1.11. The van der Waals surface area contributed by atoms with Gasteiger partial charge in [0, 0.05) is 36.8 Å². The number of thiophene rings is 1. The van der Waals surface area contributed by atoms with E-state index < -0.39 is 0 Å². The lowest BCUT2D eigenvalue weighted by Gasteiger charge is -2.35. The number of nitrogens with zero attached hydrogens (tertiary/aromatic N) is 5. The Morgan fingerprint density at radius 2 is 2.32 bits per heavy atom. The summed E-state index contributed by atoms with van der Waals surface area (Å²) >= 11 is 1.79. The van der Waals surface area contributed by atoms with Crippen molar-refractivity contribution < 1.29 is 4.74 Å². The Morgan fingerprint density at radius 1 is 1.50 bits per heavy atom. The van der Waals surface area contributed by atoms with Gasteiger partial charge in [0.1, 0.15) is 6.10 Å². The first-order valence-corrected chi connectivity index (χ1v) is 10.3. The SMILES string of the molecule is CCNC(=NCC(c1cccs1)N(C)C)N1CCOC(c2cnn(C)c2)C1.I. The molecule has 7 nitrogen and oxygen atoms in total. The summed E-state index contributed by atoms with van der Waals surface area (Å²) in [5.74, 6) is 0.957. The molecule has 2 aromatic heterocycles. The van der Waals surface area contributed by atoms with Gasteiger partial charge in [-0.3, -0.25) is 9.67 Å². The fourth-order valence-corrected chi connectivity index (χ4v) is 4.15. The predicted octanol–water partition coefficient (Wildman–Crippen LogP) is 2.74. The van der Waals surface area contributed by atoms with Crippen molar-refractivity contribution in [2.45, 2.75) is 19.1 Å². The molecule has 0 aromatic carbocycles. The van der Waals surface area contributed by atoms with Crippen molar-refractivity contribution in [3.63, 3.8) is 0 Å². The lowest BCUT2D eigenvalue weighted by Crippen LogP contribution is -2.48. The number of hydrogen-bond donors (Lipinski definition) is 1. The summed E-state index contributed by atoms with van der Waals surface area (Å²) in [6.45, 7) is 5.99. The van der Waals surface area contributed by atoms with E-state index in [0.717, 1.165) is 37.7 Å². The van der Waals surface area contributed by atoms with E-state index >= 15 is 0 Å². The van der Waals surface area contributed by atoms with Crippen molar-refractivity contribution in [1.82, 2.24) is 24.9 Å². The maximum absolute atomic E-state index is 5.97. The van der Waals surface area contributed by atoms with Crippen LogP contribution in [0.25, 0.3) is 0 Å². The molecule has 9 heteroatoms. The van der Waals surface area contributed by atoms with E-state index in [2.05, 4.69) is 58.7 Å². The number of nitrogens with one attached hydrogen (secondary N) is 1. The zero-order valence-electron chi connectivity index (χ0n) is 17.0. The maximum Gasteiger partial charge on any atom is 0.194 e. The van der Waals surface area contributed by atoms with Crippen LogP contribution in [0, 0.1) is 0 Å². The Balaban J connectivity index is 0.00000280. The molecule has 1 aliphatic rings. The maximum atomic E-state index is 5.97. The first kappa shape index (κ1) is 23.1. The molecule has 0 aliphatic carbocycles. The molecule has 0 saturated carbocycles. The van der Waals surface area contributed by atoms with Crippen LogP contribution in [0.5, 0.6) is 0 Å². The number of aliphatic imine (C=N–C) groups is 1. The molecule has 0 spiro atoms. The normalized spacial score (nSPS) is 18.8. The molecular formula is C19H31IN6OS. The van der Waals surface area contributed by atoms with Crippen molar-refractivity contribution in [1.29, 1.82) is 0 Å². The third kappa shape index (κ3) is 5.91. The van der Waals surface area contributed by atoms with Crippen LogP contribution in [0.1, 0.15) is 29.5 Å². The molecule has 0 amide bonds. The molecular weight excluding hydrogens is 487 g/mol. The van der Waals surface area contributed by atoms with Crippen LogP contribution in [0.3, 0.4) is 0 Å². The van der Waals surface area contributed by atoms with Crippen molar-refractivity contribution in [3.05, 3.63) is 40.3 Å². The van der Waals surface area contributed by atoms with Gasteiger partial charge in [-0.1, -0.05) is 6.07 Å². The standard InChI is InChI=1S/C19H30N6OS.HI/c1-5-20-19(21-12-16(23(2)3)18-7-6-10-27-18)25-8-9-26-17(14-25)15-11-22-24(4)13-15;/h6-7,10-11,13,16-17H,5,8-9,12,14H2,1-4H3,(H,20,21);1H. The highest BCUT2D eigenvalue weighted by Crippen LogP contribution is 2.24. The summed E-state index contributed by atoms with van der Waals surface area (Å²) < 4.78 is 7.79. The fraction of sp³-hybridized carbons (Fsp3) is 0.579. The number of rotatable bonds is 6. The highest BCUT2D eigenvalue weighted by Gasteiger charge is 2.25. The Kier molecular flexibility index (Phi) is 9.19. The van der Waals surface area contributed by atoms with Crippen LogP contribution >= 0.6 is 35.3 Å². The summed E-state index contributed by atoms with van der Waals surface area (Å²) in [6, 6.07) is 4.57. The molecule has 1 fully saturated rings. The second kappa shape index (κ2) is 11.1. The smallest absolute Gasteiger partial charge is 0.194 e. The molecule has 2 unspecified atom stereocenters. The summed E-state index contributed by atoms with van der Waals surface area (Å²) in [4.78, 5) is 10.8. The van der Waals surface area contributed by atoms with Crippen LogP contribution in [0.15, 0.2) is 34.9 Å². The first-order chi connectivity index (χ1) is 13.1. The number of likely N-dealkylation sites (N-methyl/N-ethyl adjacent to an activating group) is 1. The molecule has 1 N–H and O–H groups in total. The molecule has 0 bridgehead atoms. The van der Waals surface area contributed by atoms with E-state index in [9.17, 15) is 0 Å². The molecule has 3 rings (SSSR count). The van der Waals surface area contributed by atoms with E-state index in [1.165, 1.54) is 4.88 Å². The monoisotopic (exact) mass is 518 g/mol. The Hall–Kier alpha value is -1.17. The number of halogens is 1. The highest BCUT2D eigenvalue weighted by molar-refractivity contribution is 14.0. The summed E-state index contributed by atoms with van der Waals surface area (Å²) in [7, 11) is 6.15. The zero-order chi connectivity index (χ0) is 19.2. The van der Waals surface area contributed by atoms with E-state index in [4.69, 9.17) is 9.73 Å². The van der Waals surface area contributed by atoms with Crippen LogP contribution in [-0.2, 0) is 11.8 Å². The average Bonchev–Trinajstić information content (AvgIpc) is 3.33. The largest absolute Gasteiger partial charge is 0.370 e. The topological polar surface area (TPSA) is 57.9 Å². The molecule has 1 saturated heterocycles. The number of ether oxygens (including phenoxy) is 1. The number of hydrogen-bond acceptors (Lipinski definition) is 5. The summed E-state index contributed by atoms with van der Waals surface area (Å²) in [6.07, 6.45) is 3.94. The molecule has 156 valence electrons. The van der Waals surface area contributed by atoms with Gasteiger partial charge < -0.3 is 19.9 Å². The van der Waals surface area contributed by atoms with Gasteiger partial charge in [-0.25, -0.2) is 0 Å². The second-order valence-electron chi connectivity index (χ2n) is 6.94. The minimum Gasteiger partial charge on any atom is -0.370 e. The van der Waals surface area contributed by atoms with Gasteiger partial charge in [0.25, 0.3) is 0 Å². The number of morpholine rings is 1. The van der Waals surface area contributed by atoms with Gasteiger partial charge >= 0.3 is 0 Å². The minimum atomic E-state index is 0. The fourth-order valence-electron chi connectivity index (χ4n) is 3.24. The Labute approximate surface area is 188 Å². The van der Waals surface area contributed by atoms with E-state index in [0.29, 0.717) is 6.61 Å². The van der Waals surface area contributed by atoms with Crippen molar-refractivity contribution in [3.8, 4) is 0 Å². The second-order valence-corrected chi connectivity index (χ2v) is 7.92. The molecule has 3 heterocycles. The van der Waals surface area contributed by atoms with Crippen LogP contribution in [-0.4, -0.2) is 72.4 Å². The first-order valence-electron chi connectivity index (χ1n) is 9.41. The number of aryl methyl sites for hydroxylation is 1.